The monoisotopic (exact) mass is 356 g/mol. The second kappa shape index (κ2) is 7.45. The molecule has 0 aromatic heterocycles. The number of nitrogens with zero attached hydrogens (tertiary/aromatic N) is 1. The lowest BCUT2D eigenvalue weighted by molar-refractivity contribution is -0.144. The van der Waals surface area contributed by atoms with E-state index in [2.05, 4.69) is 15.9 Å². The van der Waals surface area contributed by atoms with Crippen molar-refractivity contribution in [1.29, 1.82) is 0 Å². The molecule has 0 fully saturated rings. The number of amides is 1. The van der Waals surface area contributed by atoms with Crippen molar-refractivity contribution in [3.05, 3.63) is 27.7 Å². The summed E-state index contributed by atoms with van der Waals surface area (Å²) < 4.78 is 5.65. The molecule has 5 nitrogen and oxygen atoms in total. The highest BCUT2D eigenvalue weighted by Crippen LogP contribution is 2.24. The molecule has 0 aliphatic rings. The minimum atomic E-state index is -0.417. The number of hydrogen-bond donors (Lipinski definition) is 1. The van der Waals surface area contributed by atoms with Crippen molar-refractivity contribution in [2.75, 3.05) is 18.9 Å². The first kappa shape index (κ1) is 17.5. The third-order valence-electron chi connectivity index (χ3n) is 3.13. The van der Waals surface area contributed by atoms with Gasteiger partial charge in [-0.25, -0.2) is 0 Å². The highest BCUT2D eigenvalue weighted by atomic mass is 79.9. The molecule has 0 aliphatic heterocycles. The third-order valence-corrected chi connectivity index (χ3v) is 3.59. The van der Waals surface area contributed by atoms with E-state index in [0.717, 1.165) is 4.47 Å². The van der Waals surface area contributed by atoms with Crippen LogP contribution >= 0.6 is 15.9 Å². The lowest BCUT2D eigenvalue weighted by Gasteiger charge is -2.26. The number of nitrogen functional groups attached to an aromatic ring is 1. The Labute approximate surface area is 133 Å². The zero-order chi connectivity index (χ0) is 16.2. The number of rotatable bonds is 5. The van der Waals surface area contributed by atoms with Gasteiger partial charge in [0.2, 0.25) is 0 Å². The molecular formula is C15H21BrN2O3. The van der Waals surface area contributed by atoms with Crippen molar-refractivity contribution in [3.8, 4) is 0 Å². The molecule has 0 bridgehead atoms. The molecule has 0 aliphatic carbocycles. The summed E-state index contributed by atoms with van der Waals surface area (Å²) in [6, 6.07) is 3.34. The fraction of sp³-hybridized carbons (Fsp3) is 0.467. The van der Waals surface area contributed by atoms with Gasteiger partial charge in [0.15, 0.2) is 0 Å². The minimum Gasteiger partial charge on any atom is -0.465 e. The van der Waals surface area contributed by atoms with Crippen LogP contribution in [0.3, 0.4) is 0 Å². The van der Waals surface area contributed by atoms with E-state index >= 15 is 0 Å². The Kier molecular flexibility index (Phi) is 6.20. The van der Waals surface area contributed by atoms with E-state index in [1.165, 1.54) is 4.90 Å². The van der Waals surface area contributed by atoms with Crippen LogP contribution in [0.15, 0.2) is 16.6 Å². The second-order valence-electron chi connectivity index (χ2n) is 5.00. The van der Waals surface area contributed by atoms with Crippen LogP contribution < -0.4 is 5.73 Å². The number of nitrogens with two attached hydrogens (primary N) is 1. The Morgan fingerprint density at radius 2 is 2.00 bits per heavy atom. The minimum absolute atomic E-state index is 0.0732. The van der Waals surface area contributed by atoms with Crippen LogP contribution in [0, 0.1) is 6.92 Å². The molecular weight excluding hydrogens is 336 g/mol. The number of hydrogen-bond acceptors (Lipinski definition) is 4. The molecule has 0 saturated carbocycles. The first-order chi connectivity index (χ1) is 9.77. The summed E-state index contributed by atoms with van der Waals surface area (Å²) >= 11 is 3.33. The first-order valence-corrected chi connectivity index (χ1v) is 7.59. The predicted molar refractivity (Wildman–Crippen MR) is 86.1 cm³/mol. The van der Waals surface area contributed by atoms with Gasteiger partial charge in [-0.3, -0.25) is 9.59 Å². The Balaban J connectivity index is 3.10. The fourth-order valence-corrected chi connectivity index (χ4v) is 2.39. The maximum absolute atomic E-state index is 12.7. The average molecular weight is 357 g/mol. The third kappa shape index (κ3) is 4.46. The molecule has 1 aromatic carbocycles. The smallest absolute Gasteiger partial charge is 0.325 e. The van der Waals surface area contributed by atoms with Gasteiger partial charge in [-0.05, 0) is 45.4 Å². The van der Waals surface area contributed by atoms with Crippen molar-refractivity contribution < 1.29 is 14.3 Å². The number of halogens is 1. The molecule has 2 N–H and O–H groups in total. The van der Waals surface area contributed by atoms with Gasteiger partial charge in [-0.2, -0.15) is 0 Å². The average Bonchev–Trinajstić information content (AvgIpc) is 2.39. The van der Waals surface area contributed by atoms with E-state index in [9.17, 15) is 9.59 Å². The van der Waals surface area contributed by atoms with Crippen LogP contribution in [0.4, 0.5) is 5.69 Å². The summed E-state index contributed by atoms with van der Waals surface area (Å²) in [5, 5.41) is 0. The number of carbonyl (C=O) groups excluding carboxylic acids is 2. The van der Waals surface area contributed by atoms with E-state index in [1.807, 2.05) is 13.8 Å². The zero-order valence-corrected chi connectivity index (χ0v) is 14.4. The van der Waals surface area contributed by atoms with Gasteiger partial charge >= 0.3 is 5.97 Å². The summed E-state index contributed by atoms with van der Waals surface area (Å²) in [5.41, 5.74) is 7.62. The van der Waals surface area contributed by atoms with Gasteiger partial charge in [0.25, 0.3) is 5.91 Å². The van der Waals surface area contributed by atoms with Crippen LogP contribution in [0.5, 0.6) is 0 Å². The topological polar surface area (TPSA) is 72.6 Å². The zero-order valence-electron chi connectivity index (χ0n) is 12.8. The Morgan fingerprint density at radius 3 is 2.52 bits per heavy atom. The van der Waals surface area contributed by atoms with Crippen molar-refractivity contribution in [2.45, 2.75) is 33.7 Å². The van der Waals surface area contributed by atoms with Crippen LogP contribution in [-0.2, 0) is 9.53 Å². The first-order valence-electron chi connectivity index (χ1n) is 6.80. The highest BCUT2D eigenvalue weighted by Gasteiger charge is 2.24. The maximum Gasteiger partial charge on any atom is 0.325 e. The van der Waals surface area contributed by atoms with E-state index in [0.29, 0.717) is 23.4 Å². The lowest BCUT2D eigenvalue weighted by Crippen LogP contribution is -2.41. The van der Waals surface area contributed by atoms with Crippen LogP contribution in [0.1, 0.15) is 36.7 Å². The molecule has 0 unspecified atom stereocenters. The SMILES string of the molecule is CCOC(=O)CN(C(=O)c1cc(Br)cc(N)c1C)C(C)C. The standard InChI is InChI=1S/C15H21BrN2O3/c1-5-21-14(19)8-18(9(2)3)15(20)12-6-11(16)7-13(17)10(12)4/h6-7,9H,5,8,17H2,1-4H3. The van der Waals surface area contributed by atoms with Gasteiger partial charge in [0, 0.05) is 21.8 Å². The summed E-state index contributed by atoms with van der Waals surface area (Å²) in [6.45, 7) is 7.45. The maximum atomic E-state index is 12.7. The predicted octanol–water partition coefficient (Wildman–Crippen LogP) is 2.75. The molecule has 6 heteroatoms. The van der Waals surface area contributed by atoms with E-state index in [4.69, 9.17) is 10.5 Å². The van der Waals surface area contributed by atoms with Crippen LogP contribution in [-0.4, -0.2) is 36.0 Å². The number of carbonyl (C=O) groups is 2. The van der Waals surface area contributed by atoms with E-state index < -0.39 is 5.97 Å². The van der Waals surface area contributed by atoms with Crippen molar-refractivity contribution in [2.24, 2.45) is 0 Å². The van der Waals surface area contributed by atoms with Crippen LogP contribution in [0.2, 0.25) is 0 Å². The van der Waals surface area contributed by atoms with Gasteiger partial charge in [0.1, 0.15) is 6.54 Å². The number of esters is 1. The molecule has 116 valence electrons. The molecule has 21 heavy (non-hydrogen) atoms. The van der Waals surface area contributed by atoms with E-state index in [-0.39, 0.29) is 18.5 Å². The molecule has 0 saturated heterocycles. The number of benzene rings is 1. The summed E-state index contributed by atoms with van der Waals surface area (Å²) in [6.07, 6.45) is 0. The van der Waals surface area contributed by atoms with Gasteiger partial charge in [0.05, 0.1) is 6.61 Å². The van der Waals surface area contributed by atoms with Crippen molar-refractivity contribution in [3.63, 3.8) is 0 Å². The van der Waals surface area contributed by atoms with Gasteiger partial charge in [-0.15, -0.1) is 0 Å². The largest absolute Gasteiger partial charge is 0.465 e. The van der Waals surface area contributed by atoms with Crippen molar-refractivity contribution >= 4 is 33.5 Å². The van der Waals surface area contributed by atoms with Gasteiger partial charge in [-0.1, -0.05) is 15.9 Å². The van der Waals surface area contributed by atoms with Crippen molar-refractivity contribution in [1.82, 2.24) is 4.90 Å². The van der Waals surface area contributed by atoms with Crippen LogP contribution in [0.25, 0.3) is 0 Å². The molecule has 0 spiro atoms. The van der Waals surface area contributed by atoms with Gasteiger partial charge < -0.3 is 15.4 Å². The lowest BCUT2D eigenvalue weighted by atomic mass is 10.0. The molecule has 0 heterocycles. The second-order valence-corrected chi connectivity index (χ2v) is 5.92. The fourth-order valence-electron chi connectivity index (χ4n) is 1.91. The molecule has 0 atom stereocenters. The molecule has 0 radical (unpaired) electrons. The highest BCUT2D eigenvalue weighted by molar-refractivity contribution is 9.10. The number of ether oxygens (including phenoxy) is 1. The Bertz CT molecular complexity index is 544. The molecule has 1 aromatic rings. The quantitative estimate of drug-likeness (QED) is 0.650. The molecule has 1 rings (SSSR count). The summed E-state index contributed by atoms with van der Waals surface area (Å²) in [7, 11) is 0. The molecule has 1 amide bonds. The number of anilines is 1. The summed E-state index contributed by atoms with van der Waals surface area (Å²) in [4.78, 5) is 25.8. The van der Waals surface area contributed by atoms with E-state index in [1.54, 1.807) is 26.0 Å². The normalized spacial score (nSPS) is 10.6. The summed E-state index contributed by atoms with van der Waals surface area (Å²) in [5.74, 6) is -0.649. The Hall–Kier alpha value is -1.56. The Morgan fingerprint density at radius 1 is 1.38 bits per heavy atom.